The van der Waals surface area contributed by atoms with E-state index in [4.69, 9.17) is 14.2 Å². The average molecular weight is 405 g/mol. The van der Waals surface area contributed by atoms with Gasteiger partial charge in [-0.05, 0) is 45.0 Å². The molecule has 30 heavy (non-hydrogen) atoms. The van der Waals surface area contributed by atoms with Crippen LogP contribution in [-0.4, -0.2) is 29.0 Å². The molecule has 0 amide bonds. The van der Waals surface area contributed by atoms with Crippen molar-refractivity contribution in [1.82, 2.24) is 4.57 Å². The molecule has 0 spiro atoms. The van der Waals surface area contributed by atoms with Gasteiger partial charge in [-0.25, -0.2) is 4.79 Å². The third-order valence-electron chi connectivity index (χ3n) is 4.81. The smallest absolute Gasteiger partial charge is 0.344 e. The van der Waals surface area contributed by atoms with Crippen LogP contribution in [0.15, 0.2) is 54.4 Å². The Labute approximate surface area is 174 Å². The van der Waals surface area contributed by atoms with E-state index in [2.05, 4.69) is 17.6 Å². The van der Waals surface area contributed by atoms with Crippen molar-refractivity contribution in [3.63, 3.8) is 0 Å². The number of nitrogens with zero attached hydrogens (tertiary/aromatic N) is 1. The molecule has 0 N–H and O–H groups in total. The van der Waals surface area contributed by atoms with Crippen LogP contribution in [0.3, 0.4) is 0 Å². The maximum Gasteiger partial charge on any atom is 0.344 e. The molecule has 0 radical (unpaired) electrons. The van der Waals surface area contributed by atoms with Crippen LogP contribution in [0.25, 0.3) is 17.0 Å². The van der Waals surface area contributed by atoms with Crippen molar-refractivity contribution in [2.24, 2.45) is 0 Å². The number of para-hydroxylation sites is 1. The number of ketones is 1. The maximum atomic E-state index is 12.8. The second-order valence-electron chi connectivity index (χ2n) is 7.31. The van der Waals surface area contributed by atoms with Gasteiger partial charge >= 0.3 is 5.97 Å². The van der Waals surface area contributed by atoms with E-state index >= 15 is 0 Å². The van der Waals surface area contributed by atoms with Gasteiger partial charge in [0, 0.05) is 35.3 Å². The highest BCUT2D eigenvalue weighted by atomic mass is 16.6. The molecule has 0 atom stereocenters. The lowest BCUT2D eigenvalue weighted by atomic mass is 10.1. The molecule has 2 aromatic carbocycles. The summed E-state index contributed by atoms with van der Waals surface area (Å²) in [5, 5.41) is 1.06. The number of ether oxygens (including phenoxy) is 3. The van der Waals surface area contributed by atoms with Crippen molar-refractivity contribution in [2.75, 3.05) is 6.61 Å². The Bertz CT molecular complexity index is 1160. The summed E-state index contributed by atoms with van der Waals surface area (Å²) in [6, 6.07) is 13.0. The van der Waals surface area contributed by atoms with Gasteiger partial charge in [-0.2, -0.15) is 0 Å². The molecule has 0 unspecified atom stereocenters. The Morgan fingerprint density at radius 3 is 2.77 bits per heavy atom. The van der Waals surface area contributed by atoms with Crippen molar-refractivity contribution in [2.45, 2.75) is 33.4 Å². The summed E-state index contributed by atoms with van der Waals surface area (Å²) in [6.07, 6.45) is 3.59. The fraction of sp³-hybridized carbons (Fsp3) is 0.250. The monoisotopic (exact) mass is 405 g/mol. The molecule has 4 rings (SSSR count). The number of hydrogen-bond donors (Lipinski definition) is 0. The second-order valence-corrected chi connectivity index (χ2v) is 7.31. The largest absolute Gasteiger partial charge is 0.482 e. The van der Waals surface area contributed by atoms with Crippen LogP contribution in [0.1, 0.15) is 36.7 Å². The van der Waals surface area contributed by atoms with E-state index in [1.54, 1.807) is 38.1 Å². The predicted octanol–water partition coefficient (Wildman–Crippen LogP) is 4.61. The van der Waals surface area contributed by atoms with Gasteiger partial charge in [-0.3, -0.25) is 4.79 Å². The summed E-state index contributed by atoms with van der Waals surface area (Å²) < 4.78 is 18.5. The summed E-state index contributed by atoms with van der Waals surface area (Å²) in [6.45, 7) is 6.26. The molecule has 0 bridgehead atoms. The van der Waals surface area contributed by atoms with E-state index in [9.17, 15) is 9.59 Å². The Hall–Kier alpha value is -3.54. The lowest BCUT2D eigenvalue weighted by Gasteiger charge is -2.09. The zero-order valence-corrected chi connectivity index (χ0v) is 17.2. The first-order valence-electron chi connectivity index (χ1n) is 9.94. The first-order chi connectivity index (χ1) is 14.5. The van der Waals surface area contributed by atoms with E-state index in [-0.39, 0.29) is 24.3 Å². The van der Waals surface area contributed by atoms with Crippen LogP contribution in [0.5, 0.6) is 11.5 Å². The number of fused-ring (bicyclic) bond motifs is 2. The van der Waals surface area contributed by atoms with Crippen LogP contribution in [-0.2, 0) is 16.1 Å². The lowest BCUT2D eigenvalue weighted by Crippen LogP contribution is -2.18. The summed E-state index contributed by atoms with van der Waals surface area (Å²) in [7, 11) is 0. The van der Waals surface area contributed by atoms with Crippen LogP contribution < -0.4 is 9.47 Å². The number of allylic oxidation sites excluding steroid dienone is 1. The first-order valence-corrected chi connectivity index (χ1v) is 9.94. The summed E-state index contributed by atoms with van der Waals surface area (Å²) in [5.41, 5.74) is 2.51. The number of rotatable bonds is 6. The molecular formula is C24H23NO5. The highest BCUT2D eigenvalue weighted by Crippen LogP contribution is 2.35. The minimum absolute atomic E-state index is 0.177. The van der Waals surface area contributed by atoms with E-state index in [1.807, 2.05) is 24.4 Å². The summed E-state index contributed by atoms with van der Waals surface area (Å²) >= 11 is 0. The first kappa shape index (κ1) is 19.8. The third kappa shape index (κ3) is 3.81. The molecular weight excluding hydrogens is 382 g/mol. The Kier molecular flexibility index (Phi) is 5.31. The van der Waals surface area contributed by atoms with E-state index in [0.29, 0.717) is 17.1 Å². The highest BCUT2D eigenvalue weighted by Gasteiger charge is 2.28. The van der Waals surface area contributed by atoms with Gasteiger partial charge < -0.3 is 18.8 Å². The number of carbonyl (C=O) groups excluding carboxylic acids is 2. The molecule has 1 aliphatic heterocycles. The lowest BCUT2D eigenvalue weighted by molar-refractivity contribution is -0.149. The van der Waals surface area contributed by atoms with Crippen molar-refractivity contribution in [3.8, 4) is 11.5 Å². The number of benzene rings is 2. The highest BCUT2D eigenvalue weighted by molar-refractivity contribution is 6.15. The van der Waals surface area contributed by atoms with Crippen LogP contribution >= 0.6 is 0 Å². The van der Waals surface area contributed by atoms with Crippen molar-refractivity contribution in [1.29, 1.82) is 0 Å². The van der Waals surface area contributed by atoms with Gasteiger partial charge in [0.25, 0.3) is 0 Å². The normalized spacial score (nSPS) is 14.3. The summed E-state index contributed by atoms with van der Waals surface area (Å²) in [5.74, 6) is 0.492. The van der Waals surface area contributed by atoms with Gasteiger partial charge in [0.2, 0.25) is 5.78 Å². The molecule has 6 heteroatoms. The zero-order chi connectivity index (χ0) is 21.3. The van der Waals surface area contributed by atoms with Gasteiger partial charge in [0.05, 0.1) is 11.7 Å². The number of carbonyl (C=O) groups is 2. The van der Waals surface area contributed by atoms with Crippen LogP contribution in [0.4, 0.5) is 0 Å². The van der Waals surface area contributed by atoms with Gasteiger partial charge in [0.15, 0.2) is 12.4 Å². The Morgan fingerprint density at radius 2 is 2.00 bits per heavy atom. The molecule has 6 nitrogen and oxygen atoms in total. The van der Waals surface area contributed by atoms with E-state index in [1.165, 1.54) is 0 Å². The molecule has 0 saturated heterocycles. The standard InChI is InChI=1S/C24H23NO5/c1-4-25-13-16(18-7-5-6-8-20(18)25)11-22-24(27)19-10-9-17(12-21(19)30-22)28-14-23(26)29-15(2)3/h5-13,15H,4,14H2,1-3H3/b22-11-. The molecule has 0 fully saturated rings. The second kappa shape index (κ2) is 8.06. The van der Waals surface area contributed by atoms with Crippen LogP contribution in [0, 0.1) is 0 Å². The van der Waals surface area contributed by atoms with E-state index in [0.717, 1.165) is 23.0 Å². The van der Waals surface area contributed by atoms with Gasteiger partial charge in [-0.1, -0.05) is 18.2 Å². The quantitative estimate of drug-likeness (QED) is 0.443. The minimum Gasteiger partial charge on any atom is -0.482 e. The SMILES string of the molecule is CCn1cc(/C=C2\Oc3cc(OCC(=O)OC(C)C)ccc3C2=O)c2ccccc21. The summed E-state index contributed by atoms with van der Waals surface area (Å²) in [4.78, 5) is 24.5. The number of aryl methyl sites for hydroxylation is 1. The maximum absolute atomic E-state index is 12.8. The minimum atomic E-state index is -0.449. The molecule has 1 aliphatic rings. The molecule has 154 valence electrons. The predicted molar refractivity (Wildman–Crippen MR) is 114 cm³/mol. The van der Waals surface area contributed by atoms with E-state index < -0.39 is 5.97 Å². The number of hydrogen-bond acceptors (Lipinski definition) is 5. The van der Waals surface area contributed by atoms with Crippen molar-refractivity contribution < 1.29 is 23.8 Å². The topological polar surface area (TPSA) is 66.8 Å². The molecule has 1 aromatic heterocycles. The fourth-order valence-corrected chi connectivity index (χ4v) is 3.49. The molecule has 2 heterocycles. The van der Waals surface area contributed by atoms with Gasteiger partial charge in [0.1, 0.15) is 11.5 Å². The molecule has 3 aromatic rings. The van der Waals surface area contributed by atoms with Crippen molar-refractivity contribution >= 4 is 28.7 Å². The molecule has 0 saturated carbocycles. The molecule has 0 aliphatic carbocycles. The third-order valence-corrected chi connectivity index (χ3v) is 4.81. The number of Topliss-reactive ketones (excluding diaryl/α,β-unsaturated/α-hetero) is 1. The average Bonchev–Trinajstić information content (AvgIpc) is 3.24. The fourth-order valence-electron chi connectivity index (χ4n) is 3.49. The van der Waals surface area contributed by atoms with Crippen molar-refractivity contribution in [3.05, 3.63) is 65.5 Å². The van der Waals surface area contributed by atoms with Gasteiger partial charge in [-0.15, -0.1) is 0 Å². The van der Waals surface area contributed by atoms with Crippen LogP contribution in [0.2, 0.25) is 0 Å². The Morgan fingerprint density at radius 1 is 1.20 bits per heavy atom. The number of esters is 1. The number of aromatic nitrogens is 1. The Balaban J connectivity index is 1.56. The zero-order valence-electron chi connectivity index (χ0n) is 17.2.